The number of hydrogen-bond acceptors (Lipinski definition) is 5. The molecule has 0 saturated carbocycles. The van der Waals surface area contributed by atoms with E-state index in [1.807, 2.05) is 0 Å². The van der Waals surface area contributed by atoms with Crippen LogP contribution in [0.15, 0.2) is 229 Å². The predicted molar refractivity (Wildman–Crippen MR) is 427 cm³/mol. The fourth-order valence-electron chi connectivity index (χ4n) is 15.9. The third kappa shape index (κ3) is 11.1. The molecule has 0 spiro atoms. The molecule has 11 aromatic carbocycles. The van der Waals surface area contributed by atoms with E-state index in [2.05, 4.69) is 383 Å². The highest BCUT2D eigenvalue weighted by molar-refractivity contribution is 7.00. The van der Waals surface area contributed by atoms with E-state index in [4.69, 9.17) is 4.42 Å². The van der Waals surface area contributed by atoms with E-state index in [0.717, 1.165) is 84.5 Å². The minimum atomic E-state index is -0.252. The fourth-order valence-corrected chi connectivity index (χ4v) is 15.9. The first-order valence-corrected chi connectivity index (χ1v) is 35.9. The van der Waals surface area contributed by atoms with Crippen LogP contribution in [0.2, 0.25) is 0 Å². The molecule has 2 aliphatic heterocycles. The monoisotopic (exact) mass is 1300 g/mol. The van der Waals surface area contributed by atoms with Crippen LogP contribution in [0.1, 0.15) is 183 Å². The lowest BCUT2D eigenvalue weighted by atomic mass is 9.33. The second-order valence-electron chi connectivity index (χ2n) is 35.2. The van der Waals surface area contributed by atoms with E-state index in [9.17, 15) is 0 Å². The molecule has 0 amide bonds. The van der Waals surface area contributed by atoms with Gasteiger partial charge in [-0.3, -0.25) is 0 Å². The van der Waals surface area contributed by atoms with Crippen LogP contribution in [0, 0.1) is 0 Å². The summed E-state index contributed by atoms with van der Waals surface area (Å²) in [6.45, 7) is 46.3. The summed E-state index contributed by atoms with van der Waals surface area (Å²) in [5, 5.41) is 2.10. The summed E-state index contributed by atoms with van der Waals surface area (Å²) in [4.78, 5) is 10.2. The number of rotatable bonds is 8. The van der Waals surface area contributed by atoms with Crippen LogP contribution in [0.4, 0.5) is 68.2 Å². The molecule has 498 valence electrons. The van der Waals surface area contributed by atoms with Crippen molar-refractivity contribution in [2.24, 2.45) is 0 Å². The Bertz CT molecular complexity index is 5030. The molecule has 0 fully saturated rings. The Morgan fingerprint density at radius 1 is 0.333 bits per heavy atom. The number of furan rings is 1. The first-order valence-electron chi connectivity index (χ1n) is 35.9. The quantitative estimate of drug-likeness (QED) is 0.141. The summed E-state index contributed by atoms with van der Waals surface area (Å²) in [5.41, 5.74) is 31.0. The van der Waals surface area contributed by atoms with Gasteiger partial charge in [0.05, 0.1) is 22.4 Å². The zero-order chi connectivity index (χ0) is 70.0. The average Bonchev–Trinajstić information content (AvgIpc) is 1.61. The average molecular weight is 1300 g/mol. The minimum absolute atomic E-state index is 0.0254. The van der Waals surface area contributed by atoms with Gasteiger partial charge in [0.2, 0.25) is 0 Å². The molecule has 3 aliphatic rings. The van der Waals surface area contributed by atoms with E-state index in [0.29, 0.717) is 0 Å². The van der Waals surface area contributed by atoms with Crippen LogP contribution in [0.5, 0.6) is 0 Å². The normalized spacial score (nSPS) is 14.3. The van der Waals surface area contributed by atoms with E-state index in [1.165, 1.54) is 77.7 Å². The lowest BCUT2D eigenvalue weighted by molar-refractivity contribution is 0.590. The largest absolute Gasteiger partial charge is 0.454 e. The molecular formula is C93H97BN4O. The van der Waals surface area contributed by atoms with Gasteiger partial charge in [0, 0.05) is 62.0 Å². The van der Waals surface area contributed by atoms with Gasteiger partial charge in [0.25, 0.3) is 6.71 Å². The molecule has 1 aliphatic carbocycles. The molecule has 12 aromatic rings. The van der Waals surface area contributed by atoms with Gasteiger partial charge in [-0.2, -0.15) is 0 Å². The van der Waals surface area contributed by atoms with Crippen LogP contribution < -0.4 is 36.0 Å². The standard InChI is InChI=1S/C93H97BN4O/c1-87(2,3)58-29-40-64(41-30-58)95(65-42-31-59(32-43-65)88(4,5)6)69-54-81-85-82(55-69)98(78-51-52-79(86-84(78)71-26-22-24-28-83(71)99-86)96(66-44-33-60(34-45-66)89(7,8)9)67-46-35-61(36-47-67)90(10,11)12)77-50-39-63(92(16,17)18)53-75(77)94(85)76-56-72-70-25-21-23-27-73(70)93(19,20)74(72)57-80(76)97(81)68-48-37-62(38-49-68)91(13,14)15/h21-57H,1-20H3. The Morgan fingerprint density at radius 3 is 1.26 bits per heavy atom. The lowest BCUT2D eigenvalue weighted by Crippen LogP contribution is -2.61. The van der Waals surface area contributed by atoms with Crippen LogP contribution in [0.3, 0.4) is 0 Å². The van der Waals surface area contributed by atoms with Gasteiger partial charge in [-0.1, -0.05) is 260 Å². The fraction of sp³-hybridized carbons (Fsp3) is 0.290. The molecule has 0 radical (unpaired) electrons. The molecule has 5 nitrogen and oxygen atoms in total. The molecule has 1 aromatic heterocycles. The Kier molecular flexibility index (Phi) is 15.0. The van der Waals surface area contributed by atoms with Gasteiger partial charge in [-0.25, -0.2) is 0 Å². The molecule has 0 N–H and O–H groups in total. The molecule has 3 heterocycles. The highest BCUT2D eigenvalue weighted by Gasteiger charge is 2.48. The number of hydrogen-bond donors (Lipinski definition) is 0. The third-order valence-corrected chi connectivity index (χ3v) is 21.8. The van der Waals surface area contributed by atoms with Crippen molar-refractivity contribution in [1.29, 1.82) is 0 Å². The first kappa shape index (κ1) is 65.4. The van der Waals surface area contributed by atoms with E-state index >= 15 is 0 Å². The van der Waals surface area contributed by atoms with E-state index in [-0.39, 0.29) is 44.6 Å². The first-order chi connectivity index (χ1) is 46.6. The minimum Gasteiger partial charge on any atom is -0.454 e. The van der Waals surface area contributed by atoms with E-state index in [1.54, 1.807) is 0 Å². The zero-order valence-electron chi connectivity index (χ0n) is 62.1. The van der Waals surface area contributed by atoms with Crippen molar-refractivity contribution in [3.8, 4) is 11.1 Å². The molecule has 15 rings (SSSR count). The second kappa shape index (κ2) is 22.8. The van der Waals surface area contributed by atoms with E-state index < -0.39 is 0 Å². The summed E-state index contributed by atoms with van der Waals surface area (Å²) >= 11 is 0. The molecular weight excluding hydrogens is 1200 g/mol. The Balaban J connectivity index is 1.08. The number of para-hydroxylation sites is 1. The van der Waals surface area contributed by atoms with Crippen molar-refractivity contribution >= 4 is 113 Å². The summed E-state index contributed by atoms with van der Waals surface area (Å²) in [5.74, 6) is 0. The summed E-state index contributed by atoms with van der Waals surface area (Å²) in [7, 11) is 0. The molecule has 6 heteroatoms. The number of anilines is 12. The topological polar surface area (TPSA) is 26.1 Å². The molecule has 0 unspecified atom stereocenters. The summed E-state index contributed by atoms with van der Waals surface area (Å²) in [6, 6.07) is 86.8. The van der Waals surface area contributed by atoms with Gasteiger partial charge in [-0.05, 0) is 208 Å². The highest BCUT2D eigenvalue weighted by Crippen LogP contribution is 2.56. The van der Waals surface area contributed by atoms with Crippen LogP contribution in [0.25, 0.3) is 33.1 Å². The summed E-state index contributed by atoms with van der Waals surface area (Å²) < 4.78 is 7.51. The van der Waals surface area contributed by atoms with Crippen LogP contribution in [-0.2, 0) is 37.9 Å². The third-order valence-electron chi connectivity index (χ3n) is 21.8. The van der Waals surface area contributed by atoms with Crippen molar-refractivity contribution in [3.63, 3.8) is 0 Å². The van der Waals surface area contributed by atoms with Crippen molar-refractivity contribution < 1.29 is 4.42 Å². The van der Waals surface area contributed by atoms with Crippen LogP contribution >= 0.6 is 0 Å². The predicted octanol–water partition coefficient (Wildman–Crippen LogP) is 24.7. The van der Waals surface area contributed by atoms with Crippen molar-refractivity contribution in [1.82, 2.24) is 0 Å². The smallest absolute Gasteiger partial charge is 0.252 e. The Hall–Kier alpha value is -9.52. The van der Waals surface area contributed by atoms with Gasteiger partial charge >= 0.3 is 0 Å². The number of nitrogens with zero attached hydrogens (tertiary/aromatic N) is 4. The number of benzene rings is 11. The van der Waals surface area contributed by atoms with Gasteiger partial charge in [0.1, 0.15) is 5.58 Å². The maximum Gasteiger partial charge on any atom is 0.252 e. The lowest BCUT2D eigenvalue weighted by Gasteiger charge is -2.46. The van der Waals surface area contributed by atoms with Crippen molar-refractivity contribution in [2.45, 2.75) is 176 Å². The molecule has 99 heavy (non-hydrogen) atoms. The molecule has 0 atom stereocenters. The number of fused-ring (bicyclic) bond motifs is 10. The summed E-state index contributed by atoms with van der Waals surface area (Å²) in [6.07, 6.45) is 0. The Labute approximate surface area is 590 Å². The SMILES string of the molecule is CC(C)(C)c1ccc(N(c2ccc(C(C)(C)C)cc2)c2cc3c4c(c2)N(c2ccc(N(c5ccc(C(C)(C)C)cc5)c5ccc(C(C)(C)C)cc5)c5oc6ccccc6c25)c2ccc(C(C)(C)C)cc2B4c2cc4c(cc2N3c2ccc(C(C)(C)C)cc2)C(C)(C)c2ccccc2-4)cc1. The molecule has 0 bridgehead atoms. The maximum absolute atomic E-state index is 7.51. The van der Waals surface area contributed by atoms with Gasteiger partial charge < -0.3 is 24.0 Å². The second-order valence-corrected chi connectivity index (χ2v) is 35.2. The maximum atomic E-state index is 7.51. The molecule has 0 saturated heterocycles. The Morgan fingerprint density at radius 2 is 0.758 bits per heavy atom. The van der Waals surface area contributed by atoms with Gasteiger partial charge in [0.15, 0.2) is 5.58 Å². The van der Waals surface area contributed by atoms with Crippen molar-refractivity contribution in [2.75, 3.05) is 19.6 Å². The zero-order valence-corrected chi connectivity index (χ0v) is 62.1. The highest BCUT2D eigenvalue weighted by atomic mass is 16.3. The van der Waals surface area contributed by atoms with Gasteiger partial charge in [-0.15, -0.1) is 0 Å². The van der Waals surface area contributed by atoms with Crippen molar-refractivity contribution in [3.05, 3.63) is 269 Å². The van der Waals surface area contributed by atoms with Crippen LogP contribution in [-0.4, -0.2) is 6.71 Å².